The zero-order chi connectivity index (χ0) is 13.3. The van der Waals surface area contributed by atoms with Gasteiger partial charge >= 0.3 is 5.97 Å². The Bertz CT molecular complexity index is 489. The Kier molecular flexibility index (Phi) is 3.63. The van der Waals surface area contributed by atoms with Crippen molar-refractivity contribution in [2.45, 2.75) is 12.3 Å². The van der Waals surface area contributed by atoms with E-state index >= 15 is 0 Å². The standard InChI is InChI=1S/C12H14ClNO4/c1-17-9-4-7(8(5-14)12(15)16)10(13)6-2-3-18-11(6)9/h4,8H,2-3,5,14H2,1H3,(H,15,16). The largest absolute Gasteiger partial charge is 0.493 e. The Morgan fingerprint density at radius 2 is 2.44 bits per heavy atom. The van der Waals surface area contributed by atoms with Crippen molar-refractivity contribution < 1.29 is 19.4 Å². The van der Waals surface area contributed by atoms with Crippen LogP contribution in [0.3, 0.4) is 0 Å². The molecular weight excluding hydrogens is 258 g/mol. The van der Waals surface area contributed by atoms with Crippen LogP contribution in [0.25, 0.3) is 0 Å². The lowest BCUT2D eigenvalue weighted by molar-refractivity contribution is -0.138. The molecule has 0 aliphatic carbocycles. The average molecular weight is 272 g/mol. The van der Waals surface area contributed by atoms with Crippen LogP contribution in [0.5, 0.6) is 11.5 Å². The highest BCUT2D eigenvalue weighted by Crippen LogP contribution is 2.44. The van der Waals surface area contributed by atoms with Crippen molar-refractivity contribution in [2.75, 3.05) is 20.3 Å². The van der Waals surface area contributed by atoms with E-state index in [1.54, 1.807) is 6.07 Å². The van der Waals surface area contributed by atoms with Crippen LogP contribution in [0.15, 0.2) is 6.07 Å². The smallest absolute Gasteiger partial charge is 0.312 e. The molecule has 1 aromatic carbocycles. The highest BCUT2D eigenvalue weighted by atomic mass is 35.5. The summed E-state index contributed by atoms with van der Waals surface area (Å²) < 4.78 is 10.7. The second-order valence-electron chi connectivity index (χ2n) is 4.01. The first-order chi connectivity index (χ1) is 8.60. The molecule has 1 aliphatic heterocycles. The number of carboxylic acid groups (broad SMARTS) is 1. The maximum absolute atomic E-state index is 11.2. The minimum Gasteiger partial charge on any atom is -0.493 e. The molecule has 0 saturated carbocycles. The third kappa shape index (κ3) is 2.00. The Morgan fingerprint density at radius 1 is 1.72 bits per heavy atom. The fourth-order valence-electron chi connectivity index (χ4n) is 2.10. The molecule has 0 amide bonds. The van der Waals surface area contributed by atoms with Gasteiger partial charge in [-0.3, -0.25) is 4.79 Å². The lowest BCUT2D eigenvalue weighted by atomic mass is 9.96. The van der Waals surface area contributed by atoms with Crippen molar-refractivity contribution in [1.29, 1.82) is 0 Å². The number of hydrogen-bond donors (Lipinski definition) is 2. The van der Waals surface area contributed by atoms with Gasteiger partial charge in [0.1, 0.15) is 0 Å². The van der Waals surface area contributed by atoms with Crippen LogP contribution in [-0.4, -0.2) is 31.3 Å². The number of ether oxygens (including phenoxy) is 2. The van der Waals surface area contributed by atoms with Gasteiger partial charge in [0.15, 0.2) is 11.5 Å². The summed E-state index contributed by atoms with van der Waals surface area (Å²) in [6, 6.07) is 1.60. The molecule has 0 saturated heterocycles. The van der Waals surface area contributed by atoms with Gasteiger partial charge in [0, 0.05) is 18.5 Å². The van der Waals surface area contributed by atoms with Gasteiger partial charge in [-0.05, 0) is 11.6 Å². The van der Waals surface area contributed by atoms with Gasteiger partial charge in [-0.1, -0.05) is 11.6 Å². The molecule has 0 radical (unpaired) electrons. The molecule has 1 aromatic rings. The minimum atomic E-state index is -1.000. The predicted octanol–water partition coefficient (Wildman–Crippen LogP) is 1.41. The predicted molar refractivity (Wildman–Crippen MR) is 66.6 cm³/mol. The minimum absolute atomic E-state index is 0.0160. The lowest BCUT2D eigenvalue weighted by Gasteiger charge is -2.16. The van der Waals surface area contributed by atoms with Crippen molar-refractivity contribution in [3.63, 3.8) is 0 Å². The van der Waals surface area contributed by atoms with Crippen LogP contribution in [-0.2, 0) is 11.2 Å². The molecule has 0 spiro atoms. The average Bonchev–Trinajstić information content (AvgIpc) is 2.82. The summed E-state index contributed by atoms with van der Waals surface area (Å²) in [5.74, 6) is -0.730. The monoisotopic (exact) mass is 271 g/mol. The van der Waals surface area contributed by atoms with Crippen LogP contribution in [0.2, 0.25) is 5.02 Å². The van der Waals surface area contributed by atoms with E-state index in [0.717, 1.165) is 5.56 Å². The van der Waals surface area contributed by atoms with E-state index in [4.69, 9.17) is 31.9 Å². The SMILES string of the molecule is COc1cc(C(CN)C(=O)O)c(Cl)c2c1OCC2. The number of fused-ring (bicyclic) bond motifs is 1. The first kappa shape index (κ1) is 13.0. The molecule has 1 atom stereocenters. The molecule has 1 heterocycles. The highest BCUT2D eigenvalue weighted by Gasteiger charge is 2.29. The molecule has 18 heavy (non-hydrogen) atoms. The van der Waals surface area contributed by atoms with Crippen molar-refractivity contribution in [3.8, 4) is 11.5 Å². The second kappa shape index (κ2) is 5.04. The van der Waals surface area contributed by atoms with Crippen LogP contribution >= 0.6 is 11.6 Å². The molecule has 5 nitrogen and oxygen atoms in total. The molecule has 1 aliphatic rings. The fraction of sp³-hybridized carbons (Fsp3) is 0.417. The molecule has 0 bridgehead atoms. The fourth-order valence-corrected chi connectivity index (χ4v) is 2.46. The van der Waals surface area contributed by atoms with E-state index in [1.165, 1.54) is 7.11 Å². The number of nitrogens with two attached hydrogens (primary N) is 1. The summed E-state index contributed by atoms with van der Waals surface area (Å²) in [5, 5.41) is 9.57. The van der Waals surface area contributed by atoms with Crippen LogP contribution in [0.1, 0.15) is 17.0 Å². The number of halogens is 1. The Hall–Kier alpha value is -1.46. The van der Waals surface area contributed by atoms with Crippen molar-refractivity contribution in [2.24, 2.45) is 5.73 Å². The topological polar surface area (TPSA) is 81.8 Å². The van der Waals surface area contributed by atoms with Crippen LogP contribution in [0, 0.1) is 0 Å². The van der Waals surface area contributed by atoms with Gasteiger partial charge in [-0.2, -0.15) is 0 Å². The number of carboxylic acids is 1. The zero-order valence-electron chi connectivity index (χ0n) is 9.90. The van der Waals surface area contributed by atoms with E-state index < -0.39 is 11.9 Å². The van der Waals surface area contributed by atoms with Crippen molar-refractivity contribution in [1.82, 2.24) is 0 Å². The summed E-state index contributed by atoms with van der Waals surface area (Å²) >= 11 is 6.25. The number of aliphatic carboxylic acids is 1. The third-order valence-corrected chi connectivity index (χ3v) is 3.48. The summed E-state index contributed by atoms with van der Waals surface area (Å²) in [7, 11) is 1.51. The molecule has 0 fully saturated rings. The van der Waals surface area contributed by atoms with Crippen molar-refractivity contribution in [3.05, 3.63) is 22.2 Å². The third-order valence-electron chi connectivity index (χ3n) is 3.03. The summed E-state index contributed by atoms with van der Waals surface area (Å²) in [6.07, 6.45) is 0.648. The van der Waals surface area contributed by atoms with E-state index in [-0.39, 0.29) is 6.54 Å². The van der Waals surface area contributed by atoms with Gasteiger partial charge in [0.2, 0.25) is 0 Å². The molecule has 0 aromatic heterocycles. The Balaban J connectivity index is 2.58. The number of hydrogen-bond acceptors (Lipinski definition) is 4. The number of carbonyl (C=O) groups is 1. The first-order valence-corrected chi connectivity index (χ1v) is 5.92. The van der Waals surface area contributed by atoms with E-state index in [2.05, 4.69) is 0 Å². The Morgan fingerprint density at radius 3 is 3.00 bits per heavy atom. The maximum Gasteiger partial charge on any atom is 0.312 e. The van der Waals surface area contributed by atoms with Gasteiger partial charge < -0.3 is 20.3 Å². The maximum atomic E-state index is 11.2. The number of benzene rings is 1. The molecule has 98 valence electrons. The molecular formula is C12H14ClNO4. The summed E-state index contributed by atoms with van der Waals surface area (Å²) in [4.78, 5) is 11.2. The summed E-state index contributed by atoms with van der Waals surface area (Å²) in [6.45, 7) is 0.507. The van der Waals surface area contributed by atoms with Gasteiger partial charge in [-0.15, -0.1) is 0 Å². The quantitative estimate of drug-likeness (QED) is 0.865. The molecule has 6 heteroatoms. The van der Waals surface area contributed by atoms with E-state index in [0.29, 0.717) is 35.1 Å². The van der Waals surface area contributed by atoms with E-state index in [1.807, 2.05) is 0 Å². The Labute approximate surface area is 109 Å². The van der Waals surface area contributed by atoms with Crippen LogP contribution < -0.4 is 15.2 Å². The highest BCUT2D eigenvalue weighted by molar-refractivity contribution is 6.32. The normalized spacial score (nSPS) is 14.8. The second-order valence-corrected chi connectivity index (χ2v) is 4.39. The lowest BCUT2D eigenvalue weighted by Crippen LogP contribution is -2.21. The zero-order valence-corrected chi connectivity index (χ0v) is 10.7. The number of methoxy groups -OCH3 is 1. The summed E-state index contributed by atoms with van der Waals surface area (Å²) in [5.41, 5.74) is 6.78. The van der Waals surface area contributed by atoms with Crippen molar-refractivity contribution >= 4 is 17.6 Å². The molecule has 1 unspecified atom stereocenters. The van der Waals surface area contributed by atoms with Gasteiger partial charge in [0.05, 0.1) is 24.7 Å². The van der Waals surface area contributed by atoms with Gasteiger partial charge in [0.25, 0.3) is 0 Å². The van der Waals surface area contributed by atoms with E-state index in [9.17, 15) is 4.79 Å². The van der Waals surface area contributed by atoms with Crippen LogP contribution in [0.4, 0.5) is 0 Å². The number of rotatable bonds is 4. The van der Waals surface area contributed by atoms with Gasteiger partial charge in [-0.25, -0.2) is 0 Å². The first-order valence-electron chi connectivity index (χ1n) is 5.55. The molecule has 2 rings (SSSR count). The molecule has 3 N–H and O–H groups in total.